The minimum atomic E-state index is 0.0889. The van der Waals surface area contributed by atoms with E-state index in [2.05, 4.69) is 81.7 Å². The number of ether oxygens (including phenoxy) is 1. The Morgan fingerprint density at radius 1 is 1.06 bits per heavy atom. The highest BCUT2D eigenvalue weighted by atomic mass is 16.6. The van der Waals surface area contributed by atoms with Crippen LogP contribution >= 0.6 is 0 Å². The van der Waals surface area contributed by atoms with E-state index < -0.39 is 0 Å². The summed E-state index contributed by atoms with van der Waals surface area (Å²) >= 11 is 0. The van der Waals surface area contributed by atoms with Gasteiger partial charge in [0.15, 0.2) is 6.10 Å². The van der Waals surface area contributed by atoms with Crippen molar-refractivity contribution in [2.75, 3.05) is 46.4 Å². The van der Waals surface area contributed by atoms with Crippen molar-refractivity contribution < 1.29 is 9.57 Å². The lowest BCUT2D eigenvalue weighted by Crippen LogP contribution is -2.49. The van der Waals surface area contributed by atoms with Gasteiger partial charge in [-0.15, -0.1) is 0 Å². The lowest BCUT2D eigenvalue weighted by Gasteiger charge is -2.35. The SMILES string of the molecule is COc1ccc2c(c1)C=C[C@@H]1C2=NO[C@H]1CN1CCN(C/C=C/c2ccccc2)CC1. The van der Waals surface area contributed by atoms with E-state index in [1.54, 1.807) is 7.11 Å². The van der Waals surface area contributed by atoms with E-state index >= 15 is 0 Å². The van der Waals surface area contributed by atoms with Crippen molar-refractivity contribution in [1.29, 1.82) is 0 Å². The van der Waals surface area contributed by atoms with Gasteiger partial charge in [-0.3, -0.25) is 9.80 Å². The standard InChI is InChI=1S/C26H29N3O2/c1-30-22-10-12-23-21(18-22)9-11-24-25(31-27-26(23)24)19-29-16-14-28(15-17-29)13-5-8-20-6-3-2-4-7-20/h2-12,18,24-25H,13-17,19H2,1H3/b8-5+/t24-,25-/m0/s1. The van der Waals surface area contributed by atoms with E-state index in [0.29, 0.717) is 0 Å². The molecule has 0 unspecified atom stereocenters. The number of nitrogens with zero attached hydrogens (tertiary/aromatic N) is 3. The number of oxime groups is 1. The van der Waals surface area contributed by atoms with Gasteiger partial charge in [0.05, 0.1) is 18.7 Å². The third-order valence-corrected chi connectivity index (χ3v) is 6.40. The van der Waals surface area contributed by atoms with Gasteiger partial charge in [-0.2, -0.15) is 0 Å². The Balaban J connectivity index is 1.12. The molecule has 5 rings (SSSR count). The van der Waals surface area contributed by atoms with E-state index in [1.807, 2.05) is 6.07 Å². The molecule has 0 spiro atoms. The van der Waals surface area contributed by atoms with Gasteiger partial charge < -0.3 is 9.57 Å². The summed E-state index contributed by atoms with van der Waals surface area (Å²) < 4.78 is 5.35. The van der Waals surface area contributed by atoms with Gasteiger partial charge in [-0.25, -0.2) is 0 Å². The Morgan fingerprint density at radius 2 is 1.87 bits per heavy atom. The van der Waals surface area contributed by atoms with Gasteiger partial charge in [0.2, 0.25) is 0 Å². The first-order chi connectivity index (χ1) is 15.3. The number of hydrogen-bond acceptors (Lipinski definition) is 5. The highest BCUT2D eigenvalue weighted by molar-refractivity contribution is 6.09. The van der Waals surface area contributed by atoms with Crippen molar-refractivity contribution in [1.82, 2.24) is 9.80 Å². The molecule has 2 aliphatic heterocycles. The van der Waals surface area contributed by atoms with Crippen LogP contribution in [0.1, 0.15) is 16.7 Å². The average Bonchev–Trinajstić information content (AvgIpc) is 3.23. The number of methoxy groups -OCH3 is 1. The Bertz CT molecular complexity index is 991. The summed E-state index contributed by atoms with van der Waals surface area (Å²) in [7, 11) is 1.70. The number of hydrogen-bond donors (Lipinski definition) is 0. The molecule has 5 nitrogen and oxygen atoms in total. The van der Waals surface area contributed by atoms with Crippen molar-refractivity contribution in [3.63, 3.8) is 0 Å². The van der Waals surface area contributed by atoms with Gasteiger partial charge in [-0.05, 0) is 29.3 Å². The topological polar surface area (TPSA) is 37.3 Å². The van der Waals surface area contributed by atoms with Crippen molar-refractivity contribution >= 4 is 17.9 Å². The first-order valence-electron chi connectivity index (χ1n) is 11.1. The quantitative estimate of drug-likeness (QED) is 0.720. The number of fused-ring (bicyclic) bond motifs is 3. The Labute approximate surface area is 184 Å². The first kappa shape index (κ1) is 20.0. The predicted octanol–water partition coefficient (Wildman–Crippen LogP) is 3.77. The summed E-state index contributed by atoms with van der Waals surface area (Å²) in [5, 5.41) is 4.46. The van der Waals surface area contributed by atoms with Gasteiger partial charge in [0.1, 0.15) is 5.75 Å². The summed E-state index contributed by atoms with van der Waals surface area (Å²) in [5.74, 6) is 1.10. The van der Waals surface area contributed by atoms with Crippen molar-refractivity contribution in [2.45, 2.75) is 6.10 Å². The van der Waals surface area contributed by atoms with E-state index in [1.165, 1.54) is 5.56 Å². The molecule has 2 aromatic rings. The molecule has 1 fully saturated rings. The van der Waals surface area contributed by atoms with E-state index in [-0.39, 0.29) is 12.0 Å². The Kier molecular flexibility index (Phi) is 5.87. The molecular weight excluding hydrogens is 386 g/mol. The molecule has 160 valence electrons. The molecule has 2 heterocycles. The van der Waals surface area contributed by atoms with Crippen LogP contribution in [0.3, 0.4) is 0 Å². The van der Waals surface area contributed by atoms with Gasteiger partial charge in [0, 0.05) is 44.8 Å². The number of piperazine rings is 1. The normalized spacial score (nSPS) is 23.3. The lowest BCUT2D eigenvalue weighted by atomic mass is 9.84. The third-order valence-electron chi connectivity index (χ3n) is 6.40. The summed E-state index contributed by atoms with van der Waals surface area (Å²) in [6.45, 7) is 6.23. The molecule has 0 N–H and O–H groups in total. The summed E-state index contributed by atoms with van der Waals surface area (Å²) in [6, 6.07) is 16.6. The molecule has 2 aromatic carbocycles. The van der Waals surface area contributed by atoms with Crippen molar-refractivity contribution in [3.8, 4) is 5.75 Å². The highest BCUT2D eigenvalue weighted by Gasteiger charge is 2.37. The zero-order chi connectivity index (χ0) is 21.0. The summed E-state index contributed by atoms with van der Waals surface area (Å²) in [4.78, 5) is 10.9. The molecule has 0 bridgehead atoms. The largest absolute Gasteiger partial charge is 0.497 e. The summed E-state index contributed by atoms with van der Waals surface area (Å²) in [6.07, 6.45) is 8.99. The van der Waals surface area contributed by atoms with E-state index in [4.69, 9.17) is 9.57 Å². The van der Waals surface area contributed by atoms with Crippen LogP contribution in [0, 0.1) is 5.92 Å². The smallest absolute Gasteiger partial charge is 0.152 e. The van der Waals surface area contributed by atoms with Crippen LogP contribution in [-0.4, -0.2) is 68.0 Å². The average molecular weight is 416 g/mol. The maximum absolute atomic E-state index is 5.90. The van der Waals surface area contributed by atoms with Crippen molar-refractivity contribution in [2.24, 2.45) is 11.1 Å². The summed E-state index contributed by atoms with van der Waals surface area (Å²) in [5.41, 5.74) is 4.62. The van der Waals surface area contributed by atoms with Crippen LogP contribution in [0.15, 0.2) is 65.8 Å². The Morgan fingerprint density at radius 3 is 2.68 bits per heavy atom. The number of benzene rings is 2. The van der Waals surface area contributed by atoms with E-state index in [0.717, 1.165) is 61.9 Å². The minimum Gasteiger partial charge on any atom is -0.497 e. The first-order valence-corrected chi connectivity index (χ1v) is 11.1. The molecule has 2 atom stereocenters. The second-order valence-electron chi connectivity index (χ2n) is 8.37. The maximum atomic E-state index is 5.90. The molecule has 0 saturated carbocycles. The van der Waals surface area contributed by atoms with Gasteiger partial charge in [0.25, 0.3) is 0 Å². The molecule has 0 amide bonds. The number of rotatable bonds is 6. The molecule has 0 radical (unpaired) electrons. The lowest BCUT2D eigenvalue weighted by molar-refractivity contribution is 0.0256. The van der Waals surface area contributed by atoms with Gasteiger partial charge in [-0.1, -0.05) is 59.8 Å². The zero-order valence-electron chi connectivity index (χ0n) is 18.0. The van der Waals surface area contributed by atoms with Crippen LogP contribution in [0.4, 0.5) is 0 Å². The minimum absolute atomic E-state index is 0.0889. The molecular formula is C26H29N3O2. The van der Waals surface area contributed by atoms with Crippen molar-refractivity contribution in [3.05, 3.63) is 77.4 Å². The van der Waals surface area contributed by atoms with Crippen LogP contribution < -0.4 is 4.74 Å². The van der Waals surface area contributed by atoms with E-state index in [9.17, 15) is 0 Å². The van der Waals surface area contributed by atoms with Crippen LogP contribution in [0.25, 0.3) is 12.2 Å². The Hall–Kier alpha value is -2.89. The molecule has 3 aliphatic rings. The fourth-order valence-electron chi connectivity index (χ4n) is 4.57. The second-order valence-corrected chi connectivity index (χ2v) is 8.37. The van der Waals surface area contributed by atoms with Crippen LogP contribution in [-0.2, 0) is 4.84 Å². The fraction of sp³-hybridized carbons (Fsp3) is 0.346. The molecule has 0 aromatic heterocycles. The molecule has 31 heavy (non-hydrogen) atoms. The van der Waals surface area contributed by atoms with Crippen LogP contribution in [0.2, 0.25) is 0 Å². The fourth-order valence-corrected chi connectivity index (χ4v) is 4.57. The second kappa shape index (κ2) is 9.08. The van der Waals surface area contributed by atoms with Crippen LogP contribution in [0.5, 0.6) is 5.75 Å². The van der Waals surface area contributed by atoms with Gasteiger partial charge >= 0.3 is 0 Å². The predicted molar refractivity (Wildman–Crippen MR) is 125 cm³/mol. The highest BCUT2D eigenvalue weighted by Crippen LogP contribution is 2.33. The maximum Gasteiger partial charge on any atom is 0.152 e. The zero-order valence-corrected chi connectivity index (χ0v) is 18.0. The molecule has 1 saturated heterocycles. The molecule has 1 aliphatic carbocycles. The molecule has 5 heteroatoms. The monoisotopic (exact) mass is 415 g/mol. The third kappa shape index (κ3) is 4.43.